The number of halogens is 1. The van der Waals surface area contributed by atoms with E-state index in [4.69, 9.17) is 17.3 Å². The minimum Gasteiger partial charge on any atom is -0.399 e. The van der Waals surface area contributed by atoms with Gasteiger partial charge in [0.1, 0.15) is 11.0 Å². The fourth-order valence-corrected chi connectivity index (χ4v) is 2.88. The van der Waals surface area contributed by atoms with E-state index < -0.39 is 0 Å². The summed E-state index contributed by atoms with van der Waals surface area (Å²) in [6.07, 6.45) is 6.39. The zero-order valence-corrected chi connectivity index (χ0v) is 11.0. The Hall–Kier alpha value is -0.960. The number of rotatable bonds is 3. The fourth-order valence-electron chi connectivity index (χ4n) is 2.67. The number of aromatic nitrogens is 1. The van der Waals surface area contributed by atoms with E-state index in [2.05, 4.69) is 17.2 Å². The third-order valence-electron chi connectivity index (χ3n) is 3.58. The number of anilines is 2. The standard InChI is InChI=1S/C13H20ClN3/c1-2-9-5-3-4-6-11(9)16-13-8-10(15)7-12(14)17-13/h7-9,11H,2-6H2,1H3,(H3,15,16,17). The van der Waals surface area contributed by atoms with Gasteiger partial charge in [-0.05, 0) is 24.8 Å². The predicted molar refractivity (Wildman–Crippen MR) is 73.3 cm³/mol. The summed E-state index contributed by atoms with van der Waals surface area (Å²) in [4.78, 5) is 4.27. The Bertz CT molecular complexity index is 361. The molecule has 1 aliphatic carbocycles. The summed E-state index contributed by atoms with van der Waals surface area (Å²) < 4.78 is 0. The highest BCUT2D eigenvalue weighted by atomic mass is 35.5. The molecule has 0 amide bonds. The van der Waals surface area contributed by atoms with Crippen LogP contribution in [0.15, 0.2) is 12.1 Å². The molecule has 0 aliphatic heterocycles. The number of nitrogens with two attached hydrogens (primary N) is 1. The Kier molecular flexibility index (Phi) is 4.11. The van der Waals surface area contributed by atoms with E-state index >= 15 is 0 Å². The molecule has 3 nitrogen and oxygen atoms in total. The van der Waals surface area contributed by atoms with Crippen LogP contribution in [0.25, 0.3) is 0 Å². The van der Waals surface area contributed by atoms with Gasteiger partial charge in [-0.25, -0.2) is 4.98 Å². The van der Waals surface area contributed by atoms with Gasteiger partial charge in [0.25, 0.3) is 0 Å². The maximum Gasteiger partial charge on any atom is 0.133 e. The molecule has 1 aromatic heterocycles. The lowest BCUT2D eigenvalue weighted by atomic mass is 9.83. The number of pyridine rings is 1. The van der Waals surface area contributed by atoms with Gasteiger partial charge in [-0.3, -0.25) is 0 Å². The Balaban J connectivity index is 2.08. The highest BCUT2D eigenvalue weighted by Crippen LogP contribution is 2.29. The number of nitrogens with one attached hydrogen (secondary N) is 1. The van der Waals surface area contributed by atoms with Gasteiger partial charge in [-0.1, -0.05) is 37.8 Å². The zero-order valence-electron chi connectivity index (χ0n) is 10.2. The van der Waals surface area contributed by atoms with Crippen LogP contribution in [0.5, 0.6) is 0 Å². The van der Waals surface area contributed by atoms with Crippen LogP contribution in [0, 0.1) is 5.92 Å². The molecule has 1 saturated carbocycles. The third-order valence-corrected chi connectivity index (χ3v) is 3.78. The highest BCUT2D eigenvalue weighted by Gasteiger charge is 2.23. The quantitative estimate of drug-likeness (QED) is 0.808. The third kappa shape index (κ3) is 3.25. The second-order valence-corrected chi connectivity index (χ2v) is 5.20. The summed E-state index contributed by atoms with van der Waals surface area (Å²) in [6.45, 7) is 2.25. The molecule has 0 spiro atoms. The summed E-state index contributed by atoms with van der Waals surface area (Å²) in [5.74, 6) is 1.55. The number of hydrogen-bond donors (Lipinski definition) is 2. The summed E-state index contributed by atoms with van der Waals surface area (Å²) in [7, 11) is 0. The molecule has 0 bridgehead atoms. The lowest BCUT2D eigenvalue weighted by molar-refractivity contribution is 0.317. The molecule has 2 atom stereocenters. The maximum atomic E-state index is 5.91. The average molecular weight is 254 g/mol. The Morgan fingerprint density at radius 1 is 1.41 bits per heavy atom. The van der Waals surface area contributed by atoms with E-state index in [0.717, 1.165) is 11.7 Å². The number of nitrogens with zero attached hydrogens (tertiary/aromatic N) is 1. The van der Waals surface area contributed by atoms with Gasteiger partial charge in [-0.15, -0.1) is 0 Å². The van der Waals surface area contributed by atoms with E-state index in [1.165, 1.54) is 32.1 Å². The van der Waals surface area contributed by atoms with Crippen LogP contribution in [0.2, 0.25) is 5.15 Å². The molecule has 94 valence electrons. The second-order valence-electron chi connectivity index (χ2n) is 4.81. The van der Waals surface area contributed by atoms with Gasteiger partial charge >= 0.3 is 0 Å². The van der Waals surface area contributed by atoms with Crippen LogP contribution in [-0.4, -0.2) is 11.0 Å². The summed E-state index contributed by atoms with van der Waals surface area (Å²) in [5.41, 5.74) is 6.43. The number of nitrogen functional groups attached to an aromatic ring is 1. The Morgan fingerprint density at radius 3 is 2.88 bits per heavy atom. The molecule has 3 N–H and O–H groups in total. The molecule has 0 saturated heterocycles. The molecule has 0 aromatic carbocycles. The predicted octanol–water partition coefficient (Wildman–Crippen LogP) is 3.70. The van der Waals surface area contributed by atoms with Crippen LogP contribution < -0.4 is 11.1 Å². The van der Waals surface area contributed by atoms with Gasteiger partial charge in [-0.2, -0.15) is 0 Å². The van der Waals surface area contributed by atoms with Crippen molar-refractivity contribution in [1.82, 2.24) is 4.98 Å². The fraction of sp³-hybridized carbons (Fsp3) is 0.615. The molecule has 2 rings (SSSR count). The molecular formula is C13H20ClN3. The SMILES string of the molecule is CCC1CCCCC1Nc1cc(N)cc(Cl)n1. The summed E-state index contributed by atoms with van der Waals surface area (Å²) in [6, 6.07) is 4.04. The molecule has 2 unspecified atom stereocenters. The van der Waals surface area contributed by atoms with Gasteiger partial charge in [0.05, 0.1) is 0 Å². The van der Waals surface area contributed by atoms with E-state index in [1.807, 2.05) is 6.07 Å². The average Bonchev–Trinajstić information content (AvgIpc) is 2.28. The Morgan fingerprint density at radius 2 is 2.18 bits per heavy atom. The van der Waals surface area contributed by atoms with Crippen molar-refractivity contribution in [1.29, 1.82) is 0 Å². The van der Waals surface area contributed by atoms with E-state index in [-0.39, 0.29) is 0 Å². The van der Waals surface area contributed by atoms with E-state index in [1.54, 1.807) is 6.07 Å². The van der Waals surface area contributed by atoms with Gasteiger partial charge < -0.3 is 11.1 Å². The van der Waals surface area contributed by atoms with Crippen molar-refractivity contribution in [2.24, 2.45) is 5.92 Å². The first kappa shape index (κ1) is 12.5. The lowest BCUT2D eigenvalue weighted by Crippen LogP contribution is -2.32. The first-order valence-corrected chi connectivity index (χ1v) is 6.76. The largest absolute Gasteiger partial charge is 0.399 e. The summed E-state index contributed by atoms with van der Waals surface area (Å²) >= 11 is 5.91. The summed E-state index contributed by atoms with van der Waals surface area (Å²) in [5, 5.41) is 3.94. The monoisotopic (exact) mass is 253 g/mol. The van der Waals surface area contributed by atoms with Crippen molar-refractivity contribution in [2.75, 3.05) is 11.1 Å². The highest BCUT2D eigenvalue weighted by molar-refractivity contribution is 6.29. The molecule has 1 aliphatic rings. The Labute approximate surface area is 108 Å². The van der Waals surface area contributed by atoms with Gasteiger partial charge in [0, 0.05) is 17.8 Å². The molecular weight excluding hydrogens is 234 g/mol. The lowest BCUT2D eigenvalue weighted by Gasteiger charge is -2.32. The van der Waals surface area contributed by atoms with Crippen molar-refractivity contribution in [3.63, 3.8) is 0 Å². The van der Waals surface area contributed by atoms with Crippen molar-refractivity contribution < 1.29 is 0 Å². The minimum absolute atomic E-state index is 0.455. The molecule has 4 heteroatoms. The second kappa shape index (κ2) is 5.58. The van der Waals surface area contributed by atoms with Crippen LogP contribution in [0.1, 0.15) is 39.0 Å². The van der Waals surface area contributed by atoms with Crippen molar-refractivity contribution in [3.05, 3.63) is 17.3 Å². The normalized spacial score (nSPS) is 24.6. The van der Waals surface area contributed by atoms with Crippen LogP contribution in [-0.2, 0) is 0 Å². The van der Waals surface area contributed by atoms with Crippen molar-refractivity contribution in [2.45, 2.75) is 45.1 Å². The van der Waals surface area contributed by atoms with E-state index in [0.29, 0.717) is 16.9 Å². The topological polar surface area (TPSA) is 50.9 Å². The smallest absolute Gasteiger partial charge is 0.133 e. The van der Waals surface area contributed by atoms with Crippen molar-refractivity contribution >= 4 is 23.1 Å². The zero-order chi connectivity index (χ0) is 12.3. The molecule has 1 heterocycles. The molecule has 0 radical (unpaired) electrons. The van der Waals surface area contributed by atoms with Crippen LogP contribution in [0.4, 0.5) is 11.5 Å². The maximum absolute atomic E-state index is 5.91. The molecule has 1 fully saturated rings. The van der Waals surface area contributed by atoms with Gasteiger partial charge in [0.15, 0.2) is 0 Å². The van der Waals surface area contributed by atoms with Crippen LogP contribution in [0.3, 0.4) is 0 Å². The molecule has 17 heavy (non-hydrogen) atoms. The van der Waals surface area contributed by atoms with E-state index in [9.17, 15) is 0 Å². The number of hydrogen-bond acceptors (Lipinski definition) is 3. The first-order valence-electron chi connectivity index (χ1n) is 6.38. The first-order chi connectivity index (χ1) is 8.19. The minimum atomic E-state index is 0.455. The van der Waals surface area contributed by atoms with Gasteiger partial charge in [0.2, 0.25) is 0 Å². The van der Waals surface area contributed by atoms with Crippen LogP contribution >= 0.6 is 11.6 Å². The molecule has 1 aromatic rings. The van der Waals surface area contributed by atoms with Crippen molar-refractivity contribution in [3.8, 4) is 0 Å².